The molecule has 0 spiro atoms. The van der Waals surface area contributed by atoms with Gasteiger partial charge in [0.15, 0.2) is 0 Å². The van der Waals surface area contributed by atoms with Gasteiger partial charge < -0.3 is 4.74 Å². The molecule has 4 nitrogen and oxygen atoms in total. The van der Waals surface area contributed by atoms with Crippen LogP contribution in [0.15, 0.2) is 18.2 Å². The fraction of sp³-hybridized carbons (Fsp3) is 0.524. The Hall–Kier alpha value is -2.10. The highest BCUT2D eigenvalue weighted by molar-refractivity contribution is 5.82. The summed E-state index contributed by atoms with van der Waals surface area (Å²) >= 11 is 0. The zero-order valence-corrected chi connectivity index (χ0v) is 15.2. The first-order chi connectivity index (χ1) is 12.2. The standard InChI is InChI=1S/C21H26N2O2/c1-3-25-21(24)17-8-5-9-23(13-17)20-10-14(2)18-11-15-6-4-7-16(15)12-19(18)22-20/h10-12,17H,3-9,13H2,1-2H3/p+1/t17-/m1/s1. The molecular formula is C21H27N2O2+. The Morgan fingerprint density at radius 2 is 2.04 bits per heavy atom. The first-order valence-corrected chi connectivity index (χ1v) is 9.55. The van der Waals surface area contributed by atoms with Gasteiger partial charge in [0.2, 0.25) is 0 Å². The van der Waals surface area contributed by atoms with E-state index in [2.05, 4.69) is 35.0 Å². The van der Waals surface area contributed by atoms with E-state index in [0.717, 1.165) is 31.7 Å². The Labute approximate surface area is 149 Å². The SMILES string of the molecule is CCOC(=O)[C@@H]1CCCN(c2cc(C)c3cc4c(cc3[nH+]2)CCC4)C1. The van der Waals surface area contributed by atoms with Crippen molar-refractivity contribution in [3.63, 3.8) is 0 Å². The molecule has 0 saturated carbocycles. The molecule has 25 heavy (non-hydrogen) atoms. The van der Waals surface area contributed by atoms with Crippen molar-refractivity contribution in [3.05, 3.63) is 34.9 Å². The molecule has 2 aliphatic rings. The molecule has 2 heterocycles. The van der Waals surface area contributed by atoms with Crippen molar-refractivity contribution >= 4 is 22.7 Å². The number of carbonyl (C=O) groups is 1. The smallest absolute Gasteiger partial charge is 0.312 e. The number of ether oxygens (including phenoxy) is 1. The number of aromatic nitrogens is 1. The summed E-state index contributed by atoms with van der Waals surface area (Å²) in [7, 11) is 0. The van der Waals surface area contributed by atoms with Crippen LogP contribution in [0.1, 0.15) is 42.9 Å². The summed E-state index contributed by atoms with van der Waals surface area (Å²) in [6, 6.07) is 6.93. The molecular weight excluding hydrogens is 312 g/mol. The summed E-state index contributed by atoms with van der Waals surface area (Å²) in [5, 5.41) is 1.32. The maximum absolute atomic E-state index is 12.1. The summed E-state index contributed by atoms with van der Waals surface area (Å²) in [4.78, 5) is 18.1. The highest BCUT2D eigenvalue weighted by Gasteiger charge is 2.32. The van der Waals surface area contributed by atoms with Crippen LogP contribution in [0.25, 0.3) is 10.9 Å². The van der Waals surface area contributed by atoms with Crippen LogP contribution in [0.4, 0.5) is 5.82 Å². The monoisotopic (exact) mass is 339 g/mol. The molecule has 0 unspecified atom stereocenters. The number of nitrogens with one attached hydrogen (secondary N) is 1. The van der Waals surface area contributed by atoms with E-state index in [1.165, 1.54) is 46.9 Å². The van der Waals surface area contributed by atoms with Crippen molar-refractivity contribution in [2.75, 3.05) is 24.6 Å². The van der Waals surface area contributed by atoms with Gasteiger partial charge in [-0.15, -0.1) is 0 Å². The predicted molar refractivity (Wildman–Crippen MR) is 98.8 cm³/mol. The lowest BCUT2D eigenvalue weighted by atomic mass is 9.97. The fourth-order valence-corrected chi connectivity index (χ4v) is 4.33. The van der Waals surface area contributed by atoms with Crippen LogP contribution in [0.2, 0.25) is 0 Å². The molecule has 1 aliphatic carbocycles. The van der Waals surface area contributed by atoms with Gasteiger partial charge in [-0.25, -0.2) is 4.98 Å². The number of pyridine rings is 1. The predicted octanol–water partition coefficient (Wildman–Crippen LogP) is 3.23. The van der Waals surface area contributed by atoms with Crippen LogP contribution in [0.5, 0.6) is 0 Å². The maximum atomic E-state index is 12.1. The van der Waals surface area contributed by atoms with Crippen molar-refractivity contribution in [1.82, 2.24) is 0 Å². The number of anilines is 1. The van der Waals surface area contributed by atoms with Gasteiger partial charge >= 0.3 is 5.97 Å². The molecule has 1 saturated heterocycles. The van der Waals surface area contributed by atoms with E-state index < -0.39 is 0 Å². The summed E-state index contributed by atoms with van der Waals surface area (Å²) in [5.74, 6) is 1.05. The summed E-state index contributed by atoms with van der Waals surface area (Å²) in [6.07, 6.45) is 5.62. The number of carbonyl (C=O) groups excluding carboxylic acids is 1. The van der Waals surface area contributed by atoms with E-state index in [1.807, 2.05) is 6.92 Å². The largest absolute Gasteiger partial charge is 0.466 e. The van der Waals surface area contributed by atoms with Gasteiger partial charge in [0.1, 0.15) is 5.52 Å². The number of H-pyrrole nitrogens is 1. The van der Waals surface area contributed by atoms with Crippen molar-refractivity contribution in [2.45, 2.75) is 46.0 Å². The minimum Gasteiger partial charge on any atom is -0.466 e. The number of nitrogens with zero attached hydrogens (tertiary/aromatic N) is 1. The molecule has 132 valence electrons. The minimum atomic E-state index is -0.0532. The molecule has 2 aromatic rings. The van der Waals surface area contributed by atoms with Crippen LogP contribution < -0.4 is 9.88 Å². The lowest BCUT2D eigenvalue weighted by molar-refractivity contribution is -0.331. The van der Waals surface area contributed by atoms with Crippen molar-refractivity contribution in [2.24, 2.45) is 5.92 Å². The summed E-state index contributed by atoms with van der Waals surface area (Å²) in [5.41, 5.74) is 5.52. The zero-order chi connectivity index (χ0) is 17.4. The number of aromatic amines is 1. The number of hydrogen-bond acceptors (Lipinski definition) is 3. The van der Waals surface area contributed by atoms with Gasteiger partial charge in [0.05, 0.1) is 25.6 Å². The first-order valence-electron chi connectivity index (χ1n) is 9.55. The average Bonchev–Trinajstić information content (AvgIpc) is 3.08. The molecule has 4 heteroatoms. The molecule has 1 N–H and O–H groups in total. The first kappa shape index (κ1) is 16.4. The number of benzene rings is 1. The number of esters is 1. The quantitative estimate of drug-likeness (QED) is 0.807. The van der Waals surface area contributed by atoms with Gasteiger partial charge in [-0.2, -0.15) is 0 Å². The van der Waals surface area contributed by atoms with Crippen LogP contribution in [0, 0.1) is 12.8 Å². The number of aryl methyl sites for hydroxylation is 3. The number of fused-ring (bicyclic) bond motifs is 2. The molecule has 1 aromatic carbocycles. The Morgan fingerprint density at radius 3 is 2.84 bits per heavy atom. The van der Waals surface area contributed by atoms with E-state index in [4.69, 9.17) is 4.74 Å². The molecule has 4 rings (SSSR count). The van der Waals surface area contributed by atoms with Crippen LogP contribution >= 0.6 is 0 Å². The molecule has 0 bridgehead atoms. The Morgan fingerprint density at radius 1 is 1.24 bits per heavy atom. The van der Waals surface area contributed by atoms with Crippen molar-refractivity contribution in [3.8, 4) is 0 Å². The highest BCUT2D eigenvalue weighted by Crippen LogP contribution is 2.29. The fourth-order valence-electron chi connectivity index (χ4n) is 4.33. The molecule has 1 fully saturated rings. The second kappa shape index (κ2) is 6.66. The zero-order valence-electron chi connectivity index (χ0n) is 15.2. The molecule has 1 aromatic heterocycles. The normalized spacial score (nSPS) is 19.9. The van der Waals surface area contributed by atoms with Gasteiger partial charge in [-0.1, -0.05) is 0 Å². The van der Waals surface area contributed by atoms with E-state index >= 15 is 0 Å². The molecule has 1 aliphatic heterocycles. The van der Waals surface area contributed by atoms with E-state index in [1.54, 1.807) is 0 Å². The van der Waals surface area contributed by atoms with Crippen molar-refractivity contribution < 1.29 is 14.5 Å². The van der Waals surface area contributed by atoms with Crippen LogP contribution in [0.3, 0.4) is 0 Å². The number of rotatable bonds is 3. The Kier molecular flexibility index (Phi) is 4.36. The molecule has 0 amide bonds. The lowest BCUT2D eigenvalue weighted by Crippen LogP contribution is -2.41. The Bertz CT molecular complexity index is 815. The van der Waals surface area contributed by atoms with Crippen LogP contribution in [-0.4, -0.2) is 25.7 Å². The van der Waals surface area contributed by atoms with E-state index in [-0.39, 0.29) is 11.9 Å². The van der Waals surface area contributed by atoms with Gasteiger partial charge in [-0.3, -0.25) is 9.69 Å². The third-order valence-corrected chi connectivity index (χ3v) is 5.65. The van der Waals surface area contributed by atoms with Gasteiger partial charge in [0.25, 0.3) is 5.82 Å². The highest BCUT2D eigenvalue weighted by atomic mass is 16.5. The third kappa shape index (κ3) is 3.10. The second-order valence-electron chi connectivity index (χ2n) is 7.39. The van der Waals surface area contributed by atoms with Gasteiger partial charge in [0, 0.05) is 11.5 Å². The topological polar surface area (TPSA) is 43.7 Å². The minimum absolute atomic E-state index is 0.0156. The second-order valence-corrected chi connectivity index (χ2v) is 7.39. The third-order valence-electron chi connectivity index (χ3n) is 5.65. The molecule has 0 radical (unpaired) electrons. The molecule has 1 atom stereocenters. The maximum Gasteiger partial charge on any atom is 0.312 e. The van der Waals surface area contributed by atoms with E-state index in [0.29, 0.717) is 6.61 Å². The summed E-state index contributed by atoms with van der Waals surface area (Å²) < 4.78 is 5.23. The van der Waals surface area contributed by atoms with Gasteiger partial charge in [-0.05, 0) is 74.8 Å². The number of piperidine rings is 1. The Balaban J connectivity index is 1.64. The average molecular weight is 339 g/mol. The van der Waals surface area contributed by atoms with E-state index in [9.17, 15) is 4.79 Å². The van der Waals surface area contributed by atoms with Crippen molar-refractivity contribution in [1.29, 1.82) is 0 Å². The number of hydrogen-bond donors (Lipinski definition) is 0. The van der Waals surface area contributed by atoms with Crippen LogP contribution in [-0.2, 0) is 22.4 Å². The lowest BCUT2D eigenvalue weighted by Gasteiger charge is -2.27. The summed E-state index contributed by atoms with van der Waals surface area (Å²) in [6.45, 7) is 6.25.